The highest BCUT2D eigenvalue weighted by Crippen LogP contribution is 2.27. The Labute approximate surface area is 108 Å². The van der Waals surface area contributed by atoms with Crippen LogP contribution in [0.25, 0.3) is 0 Å². The molecular weight excluding hydrogens is 227 g/mol. The fourth-order valence-corrected chi connectivity index (χ4v) is 2.62. The van der Waals surface area contributed by atoms with Gasteiger partial charge in [0.1, 0.15) is 5.82 Å². The number of hydrogen-bond donors (Lipinski definition) is 1. The second-order valence-corrected chi connectivity index (χ2v) is 5.08. The zero-order chi connectivity index (χ0) is 13.0. The predicted molar refractivity (Wildman–Crippen MR) is 70.7 cm³/mol. The maximum absolute atomic E-state index is 13.1. The summed E-state index contributed by atoms with van der Waals surface area (Å²) >= 11 is 0. The lowest BCUT2D eigenvalue weighted by Gasteiger charge is -2.23. The van der Waals surface area contributed by atoms with E-state index in [1.54, 1.807) is 6.07 Å². The summed E-state index contributed by atoms with van der Waals surface area (Å²) < 4.78 is 13.1. The fraction of sp³-hybridized carbons (Fsp3) is 0.533. The summed E-state index contributed by atoms with van der Waals surface area (Å²) in [6, 6.07) is 7.37. The summed E-state index contributed by atoms with van der Waals surface area (Å²) in [4.78, 5) is 0. The van der Waals surface area contributed by atoms with E-state index in [-0.39, 0.29) is 17.8 Å². The van der Waals surface area contributed by atoms with Gasteiger partial charge >= 0.3 is 0 Å². The van der Waals surface area contributed by atoms with Crippen LogP contribution in [0.15, 0.2) is 18.2 Å². The van der Waals surface area contributed by atoms with Gasteiger partial charge in [-0.3, -0.25) is 0 Å². The molecule has 1 N–H and O–H groups in total. The first-order valence-electron chi connectivity index (χ1n) is 6.63. The van der Waals surface area contributed by atoms with Crippen LogP contribution in [0.3, 0.4) is 0 Å². The van der Waals surface area contributed by atoms with Crippen molar-refractivity contribution >= 4 is 5.69 Å². The lowest BCUT2D eigenvalue weighted by Crippen LogP contribution is -2.27. The molecule has 1 aromatic carbocycles. The van der Waals surface area contributed by atoms with Gasteiger partial charge in [-0.05, 0) is 43.5 Å². The van der Waals surface area contributed by atoms with Crippen LogP contribution in [-0.2, 0) is 0 Å². The van der Waals surface area contributed by atoms with Crippen molar-refractivity contribution in [3.8, 4) is 6.07 Å². The van der Waals surface area contributed by atoms with Crippen LogP contribution in [0, 0.1) is 30.0 Å². The van der Waals surface area contributed by atoms with Crippen molar-refractivity contribution in [3.63, 3.8) is 0 Å². The number of aryl methyl sites for hydroxylation is 1. The average Bonchev–Trinajstić information content (AvgIpc) is 2.57. The molecule has 0 aromatic heterocycles. The van der Waals surface area contributed by atoms with Crippen LogP contribution < -0.4 is 5.32 Å². The van der Waals surface area contributed by atoms with Gasteiger partial charge in [-0.15, -0.1) is 0 Å². The molecule has 0 bridgehead atoms. The quantitative estimate of drug-likeness (QED) is 0.800. The Balaban J connectivity index is 2.13. The first kappa shape index (κ1) is 12.9. The van der Waals surface area contributed by atoms with E-state index in [0.29, 0.717) is 0 Å². The first-order chi connectivity index (χ1) is 8.70. The molecule has 2 rings (SSSR count). The Hall–Kier alpha value is -1.56. The lowest BCUT2D eigenvalue weighted by molar-refractivity contribution is 0.514. The Morgan fingerprint density at radius 2 is 2.06 bits per heavy atom. The molecule has 0 radical (unpaired) electrons. The average molecular weight is 246 g/mol. The summed E-state index contributed by atoms with van der Waals surface area (Å²) in [5.41, 5.74) is 1.85. The molecular formula is C15H19FN2. The minimum Gasteiger partial charge on any atom is -0.381 e. The third-order valence-electron chi connectivity index (χ3n) is 3.71. The van der Waals surface area contributed by atoms with E-state index in [2.05, 4.69) is 11.4 Å². The van der Waals surface area contributed by atoms with Gasteiger partial charge in [0.15, 0.2) is 0 Å². The van der Waals surface area contributed by atoms with Crippen LogP contribution in [0.2, 0.25) is 0 Å². The number of nitriles is 1. The molecule has 0 spiro atoms. The zero-order valence-electron chi connectivity index (χ0n) is 10.7. The van der Waals surface area contributed by atoms with Crippen molar-refractivity contribution in [1.82, 2.24) is 0 Å². The van der Waals surface area contributed by atoms with E-state index >= 15 is 0 Å². The molecule has 1 aromatic rings. The standard InChI is InChI=1S/C15H19FN2/c1-11-9-13(16)7-8-14(11)18-15-6-4-2-3-5-12(15)10-17/h7-9,12,15,18H,2-6H2,1H3. The maximum atomic E-state index is 13.1. The number of nitrogens with zero attached hydrogens (tertiary/aromatic N) is 1. The third-order valence-corrected chi connectivity index (χ3v) is 3.71. The minimum atomic E-state index is -0.212. The molecule has 2 atom stereocenters. The maximum Gasteiger partial charge on any atom is 0.123 e. The number of rotatable bonds is 2. The van der Waals surface area contributed by atoms with Gasteiger partial charge in [-0.25, -0.2) is 4.39 Å². The first-order valence-corrected chi connectivity index (χ1v) is 6.63. The van der Waals surface area contributed by atoms with Crippen molar-refractivity contribution in [2.24, 2.45) is 5.92 Å². The SMILES string of the molecule is Cc1cc(F)ccc1NC1CCCCCC1C#N. The van der Waals surface area contributed by atoms with Gasteiger partial charge in [0.2, 0.25) is 0 Å². The molecule has 18 heavy (non-hydrogen) atoms. The van der Waals surface area contributed by atoms with Gasteiger partial charge in [0, 0.05) is 11.7 Å². The Kier molecular flexibility index (Phi) is 4.19. The highest BCUT2D eigenvalue weighted by molar-refractivity contribution is 5.51. The zero-order valence-corrected chi connectivity index (χ0v) is 10.7. The van der Waals surface area contributed by atoms with Crippen LogP contribution in [0.4, 0.5) is 10.1 Å². The van der Waals surface area contributed by atoms with Crippen molar-refractivity contribution in [3.05, 3.63) is 29.6 Å². The van der Waals surface area contributed by atoms with E-state index < -0.39 is 0 Å². The van der Waals surface area contributed by atoms with Gasteiger partial charge in [0.25, 0.3) is 0 Å². The Morgan fingerprint density at radius 1 is 1.28 bits per heavy atom. The topological polar surface area (TPSA) is 35.8 Å². The second kappa shape index (κ2) is 5.86. The minimum absolute atomic E-state index is 0.0666. The monoisotopic (exact) mass is 246 g/mol. The van der Waals surface area contributed by atoms with E-state index in [1.807, 2.05) is 6.92 Å². The summed E-state index contributed by atoms with van der Waals surface area (Å²) in [5.74, 6) is -0.146. The summed E-state index contributed by atoms with van der Waals surface area (Å²) in [5, 5.41) is 12.7. The molecule has 1 aliphatic rings. The van der Waals surface area contributed by atoms with Gasteiger partial charge in [-0.1, -0.05) is 19.3 Å². The smallest absolute Gasteiger partial charge is 0.123 e. The van der Waals surface area contributed by atoms with Crippen molar-refractivity contribution in [2.75, 3.05) is 5.32 Å². The van der Waals surface area contributed by atoms with Crippen LogP contribution in [-0.4, -0.2) is 6.04 Å². The molecule has 0 aliphatic heterocycles. The summed E-state index contributed by atoms with van der Waals surface area (Å²) in [6.07, 6.45) is 5.50. The van der Waals surface area contributed by atoms with Crippen LogP contribution in [0.1, 0.15) is 37.7 Å². The van der Waals surface area contributed by atoms with E-state index in [1.165, 1.54) is 18.6 Å². The second-order valence-electron chi connectivity index (χ2n) is 5.08. The number of hydrogen-bond acceptors (Lipinski definition) is 2. The fourth-order valence-electron chi connectivity index (χ4n) is 2.62. The highest BCUT2D eigenvalue weighted by Gasteiger charge is 2.23. The van der Waals surface area contributed by atoms with Crippen molar-refractivity contribution < 1.29 is 4.39 Å². The van der Waals surface area contributed by atoms with Gasteiger partial charge < -0.3 is 5.32 Å². The largest absolute Gasteiger partial charge is 0.381 e. The molecule has 0 heterocycles. The third kappa shape index (κ3) is 3.01. The van der Waals surface area contributed by atoms with Gasteiger partial charge in [-0.2, -0.15) is 5.26 Å². The Morgan fingerprint density at radius 3 is 2.78 bits per heavy atom. The predicted octanol–water partition coefficient (Wildman–Crippen LogP) is 4.02. The van der Waals surface area contributed by atoms with E-state index in [0.717, 1.165) is 36.9 Å². The van der Waals surface area contributed by atoms with Crippen LogP contribution >= 0.6 is 0 Å². The molecule has 1 aliphatic carbocycles. The molecule has 2 nitrogen and oxygen atoms in total. The lowest BCUT2D eigenvalue weighted by atomic mass is 9.96. The Bertz CT molecular complexity index is 450. The number of halogens is 1. The molecule has 0 amide bonds. The molecule has 1 fully saturated rings. The normalized spacial score (nSPS) is 24.1. The van der Waals surface area contributed by atoms with Crippen molar-refractivity contribution in [1.29, 1.82) is 5.26 Å². The molecule has 3 heteroatoms. The van der Waals surface area contributed by atoms with E-state index in [4.69, 9.17) is 0 Å². The summed E-state index contributed by atoms with van der Waals surface area (Å²) in [7, 11) is 0. The molecule has 2 unspecified atom stereocenters. The van der Waals surface area contributed by atoms with Crippen molar-refractivity contribution in [2.45, 2.75) is 45.1 Å². The molecule has 96 valence electrons. The highest BCUT2D eigenvalue weighted by atomic mass is 19.1. The molecule has 0 saturated heterocycles. The van der Waals surface area contributed by atoms with Crippen LogP contribution in [0.5, 0.6) is 0 Å². The van der Waals surface area contributed by atoms with E-state index in [9.17, 15) is 9.65 Å². The number of benzene rings is 1. The van der Waals surface area contributed by atoms with Gasteiger partial charge in [0.05, 0.1) is 12.0 Å². The summed E-state index contributed by atoms with van der Waals surface area (Å²) in [6.45, 7) is 1.89. The number of anilines is 1. The molecule has 1 saturated carbocycles. The number of nitrogens with one attached hydrogen (secondary N) is 1.